The molecule has 2 rings (SSSR count). The van der Waals surface area contributed by atoms with E-state index in [4.69, 9.17) is 22.1 Å². The molecule has 1 aromatic heterocycles. The maximum atomic E-state index is 6.25. The van der Waals surface area contributed by atoms with E-state index in [2.05, 4.69) is 5.10 Å². The van der Waals surface area contributed by atoms with Crippen LogP contribution in [0.3, 0.4) is 0 Å². The van der Waals surface area contributed by atoms with Crippen LogP contribution in [-0.2, 0) is 13.5 Å². The number of methoxy groups -OCH3 is 1. The first-order valence-corrected chi connectivity index (χ1v) is 6.48. The third-order valence-corrected chi connectivity index (χ3v) is 3.69. The second-order valence-electron chi connectivity index (χ2n) is 4.57. The molecular formula is C14H18ClN3O. The van der Waals surface area contributed by atoms with Gasteiger partial charge in [0.1, 0.15) is 10.9 Å². The van der Waals surface area contributed by atoms with Crippen LogP contribution in [0, 0.1) is 6.92 Å². The number of aromatic nitrogens is 2. The topological polar surface area (TPSA) is 53.1 Å². The van der Waals surface area contributed by atoms with E-state index in [9.17, 15) is 0 Å². The van der Waals surface area contributed by atoms with E-state index < -0.39 is 0 Å². The standard InChI is InChI=1S/C14H18ClN3O/c1-9-12(14(15)18(2)17-9)8-13(16)10-5-4-6-11(7-10)19-3/h4-7,13H,8,16H2,1-3H3. The zero-order valence-electron chi connectivity index (χ0n) is 11.4. The first-order chi connectivity index (χ1) is 9.02. The van der Waals surface area contributed by atoms with E-state index in [1.807, 2.05) is 38.2 Å². The minimum Gasteiger partial charge on any atom is -0.497 e. The Hall–Kier alpha value is -1.52. The minimum atomic E-state index is -0.129. The van der Waals surface area contributed by atoms with Gasteiger partial charge in [-0.1, -0.05) is 23.7 Å². The summed E-state index contributed by atoms with van der Waals surface area (Å²) >= 11 is 6.22. The summed E-state index contributed by atoms with van der Waals surface area (Å²) in [5.74, 6) is 0.807. The molecule has 4 nitrogen and oxygen atoms in total. The minimum absolute atomic E-state index is 0.129. The zero-order valence-corrected chi connectivity index (χ0v) is 12.1. The van der Waals surface area contributed by atoms with Gasteiger partial charge in [-0.15, -0.1) is 0 Å². The van der Waals surface area contributed by atoms with E-state index in [0.29, 0.717) is 11.6 Å². The quantitative estimate of drug-likeness (QED) is 0.936. The van der Waals surface area contributed by atoms with Crippen molar-refractivity contribution in [1.82, 2.24) is 9.78 Å². The van der Waals surface area contributed by atoms with Crippen molar-refractivity contribution in [2.24, 2.45) is 12.8 Å². The van der Waals surface area contributed by atoms with Gasteiger partial charge in [-0.25, -0.2) is 0 Å². The maximum absolute atomic E-state index is 6.25. The van der Waals surface area contributed by atoms with Crippen LogP contribution in [0.25, 0.3) is 0 Å². The molecule has 0 amide bonds. The van der Waals surface area contributed by atoms with E-state index >= 15 is 0 Å². The number of nitrogens with zero attached hydrogens (tertiary/aromatic N) is 2. The molecule has 0 bridgehead atoms. The fraction of sp³-hybridized carbons (Fsp3) is 0.357. The van der Waals surface area contributed by atoms with E-state index in [-0.39, 0.29) is 6.04 Å². The molecule has 102 valence electrons. The number of hydrogen-bond donors (Lipinski definition) is 1. The number of hydrogen-bond acceptors (Lipinski definition) is 3. The number of halogens is 1. The molecule has 1 heterocycles. The summed E-state index contributed by atoms with van der Waals surface area (Å²) in [6.45, 7) is 1.94. The summed E-state index contributed by atoms with van der Waals surface area (Å²) in [6, 6.07) is 7.65. The zero-order chi connectivity index (χ0) is 14.0. The van der Waals surface area contributed by atoms with Crippen molar-refractivity contribution in [3.05, 3.63) is 46.2 Å². The van der Waals surface area contributed by atoms with Crippen LogP contribution in [0.4, 0.5) is 0 Å². The normalized spacial score (nSPS) is 12.5. The Bertz CT molecular complexity index is 580. The molecule has 2 N–H and O–H groups in total. The maximum Gasteiger partial charge on any atom is 0.130 e. The number of nitrogens with two attached hydrogens (primary N) is 1. The first-order valence-electron chi connectivity index (χ1n) is 6.10. The second kappa shape index (κ2) is 5.63. The van der Waals surface area contributed by atoms with Gasteiger partial charge in [-0.3, -0.25) is 4.68 Å². The molecule has 1 atom stereocenters. The Kier molecular flexibility index (Phi) is 4.12. The predicted molar refractivity (Wildman–Crippen MR) is 76.6 cm³/mol. The Morgan fingerprint density at radius 3 is 2.79 bits per heavy atom. The molecule has 0 spiro atoms. The lowest BCUT2D eigenvalue weighted by Gasteiger charge is -2.13. The average Bonchev–Trinajstić information content (AvgIpc) is 2.65. The molecule has 0 aliphatic rings. The SMILES string of the molecule is COc1cccc(C(N)Cc2c(C)nn(C)c2Cl)c1. The van der Waals surface area contributed by atoms with Gasteiger partial charge >= 0.3 is 0 Å². The molecule has 0 aliphatic heterocycles. The van der Waals surface area contributed by atoms with Crippen molar-refractivity contribution in [1.29, 1.82) is 0 Å². The van der Waals surface area contributed by atoms with Gasteiger partial charge in [0.15, 0.2) is 0 Å². The summed E-state index contributed by atoms with van der Waals surface area (Å²) < 4.78 is 6.88. The van der Waals surface area contributed by atoms with E-state index in [1.54, 1.807) is 11.8 Å². The molecular weight excluding hydrogens is 262 g/mol. The van der Waals surface area contributed by atoms with Crippen LogP contribution in [-0.4, -0.2) is 16.9 Å². The number of aryl methyl sites for hydroxylation is 2. The molecule has 0 saturated heterocycles. The fourth-order valence-corrected chi connectivity index (χ4v) is 2.37. The van der Waals surface area contributed by atoms with Crippen LogP contribution in [0.2, 0.25) is 5.15 Å². The van der Waals surface area contributed by atoms with Gasteiger partial charge in [-0.2, -0.15) is 5.10 Å². The molecule has 5 heteroatoms. The fourth-order valence-electron chi connectivity index (χ4n) is 2.12. The summed E-state index contributed by atoms with van der Waals surface area (Å²) in [4.78, 5) is 0. The third kappa shape index (κ3) is 2.91. The van der Waals surface area contributed by atoms with Gasteiger partial charge in [0.2, 0.25) is 0 Å². The molecule has 0 radical (unpaired) electrons. The summed E-state index contributed by atoms with van der Waals surface area (Å²) in [5.41, 5.74) is 9.19. The van der Waals surface area contributed by atoms with Crippen LogP contribution in [0.15, 0.2) is 24.3 Å². The first kappa shape index (κ1) is 13.9. The summed E-state index contributed by atoms with van der Waals surface area (Å²) in [7, 11) is 3.47. The lowest BCUT2D eigenvalue weighted by Crippen LogP contribution is -2.14. The Labute approximate surface area is 118 Å². The lowest BCUT2D eigenvalue weighted by atomic mass is 10.00. The van der Waals surface area contributed by atoms with Crippen LogP contribution < -0.4 is 10.5 Å². The van der Waals surface area contributed by atoms with Crippen molar-refractivity contribution < 1.29 is 4.74 Å². The van der Waals surface area contributed by atoms with Gasteiger partial charge in [0.25, 0.3) is 0 Å². The highest BCUT2D eigenvalue weighted by Crippen LogP contribution is 2.26. The number of benzene rings is 1. The smallest absolute Gasteiger partial charge is 0.130 e. The van der Waals surface area contributed by atoms with Gasteiger partial charge < -0.3 is 10.5 Å². The molecule has 19 heavy (non-hydrogen) atoms. The molecule has 0 aliphatic carbocycles. The van der Waals surface area contributed by atoms with Gasteiger partial charge in [-0.05, 0) is 31.0 Å². The van der Waals surface area contributed by atoms with Crippen molar-refractivity contribution in [3.63, 3.8) is 0 Å². The highest BCUT2D eigenvalue weighted by atomic mass is 35.5. The monoisotopic (exact) mass is 279 g/mol. The van der Waals surface area contributed by atoms with Gasteiger partial charge in [0.05, 0.1) is 12.8 Å². The Balaban J connectivity index is 2.22. The van der Waals surface area contributed by atoms with Crippen molar-refractivity contribution in [2.75, 3.05) is 7.11 Å². The largest absolute Gasteiger partial charge is 0.497 e. The van der Waals surface area contributed by atoms with E-state index in [0.717, 1.165) is 22.6 Å². The Morgan fingerprint density at radius 2 is 2.21 bits per heavy atom. The van der Waals surface area contributed by atoms with Gasteiger partial charge in [0, 0.05) is 18.7 Å². The average molecular weight is 280 g/mol. The molecule has 1 unspecified atom stereocenters. The predicted octanol–water partition coefficient (Wildman–Crippen LogP) is 2.63. The van der Waals surface area contributed by atoms with Crippen LogP contribution in [0.1, 0.15) is 22.9 Å². The summed E-state index contributed by atoms with van der Waals surface area (Å²) in [5, 5.41) is 4.94. The van der Waals surface area contributed by atoms with Crippen molar-refractivity contribution in [2.45, 2.75) is 19.4 Å². The second-order valence-corrected chi connectivity index (χ2v) is 4.92. The molecule has 0 fully saturated rings. The van der Waals surface area contributed by atoms with Crippen molar-refractivity contribution >= 4 is 11.6 Å². The highest BCUT2D eigenvalue weighted by molar-refractivity contribution is 6.30. The van der Waals surface area contributed by atoms with Crippen LogP contribution in [0.5, 0.6) is 5.75 Å². The highest BCUT2D eigenvalue weighted by Gasteiger charge is 2.16. The summed E-state index contributed by atoms with van der Waals surface area (Å²) in [6.07, 6.45) is 0.658. The molecule has 1 aromatic carbocycles. The third-order valence-electron chi connectivity index (χ3n) is 3.22. The van der Waals surface area contributed by atoms with Crippen molar-refractivity contribution in [3.8, 4) is 5.75 Å². The number of rotatable bonds is 4. The molecule has 0 saturated carbocycles. The lowest BCUT2D eigenvalue weighted by molar-refractivity contribution is 0.414. The molecule has 2 aromatic rings. The van der Waals surface area contributed by atoms with Crippen LogP contribution >= 0.6 is 11.6 Å². The van der Waals surface area contributed by atoms with E-state index in [1.165, 1.54) is 0 Å². The number of ether oxygens (including phenoxy) is 1. The Morgan fingerprint density at radius 1 is 1.47 bits per heavy atom.